The fourth-order valence-corrected chi connectivity index (χ4v) is 4.35. The number of carbonyl (C=O) groups is 1. The molecular weight excluding hydrogens is 408 g/mol. The number of rotatable bonds is 6. The third-order valence-electron chi connectivity index (χ3n) is 5.12. The molecule has 156 valence electrons. The maximum Gasteiger partial charge on any atom is 0.248 e. The van der Waals surface area contributed by atoms with Crippen LogP contribution >= 0.6 is 11.5 Å². The molecule has 2 aromatic heterocycles. The second-order valence-corrected chi connectivity index (χ2v) is 7.86. The van der Waals surface area contributed by atoms with Gasteiger partial charge in [0.05, 0.1) is 6.10 Å². The monoisotopic (exact) mass is 428 g/mol. The van der Waals surface area contributed by atoms with Crippen molar-refractivity contribution in [2.24, 2.45) is 0 Å². The van der Waals surface area contributed by atoms with Gasteiger partial charge in [-0.05, 0) is 24.1 Å². The first kappa shape index (κ1) is 18.8. The summed E-state index contributed by atoms with van der Waals surface area (Å²) in [4.78, 5) is 23.1. The van der Waals surface area contributed by atoms with E-state index < -0.39 is 12.1 Å². The van der Waals surface area contributed by atoms with E-state index in [2.05, 4.69) is 19.7 Å². The molecule has 11 heteroatoms. The van der Waals surface area contributed by atoms with Crippen LogP contribution in [0.3, 0.4) is 0 Å². The molecule has 1 amide bonds. The first-order chi connectivity index (χ1) is 14.7. The lowest BCUT2D eigenvalue weighted by Crippen LogP contribution is -2.44. The molecule has 2 aliphatic heterocycles. The van der Waals surface area contributed by atoms with E-state index in [0.717, 1.165) is 17.1 Å². The summed E-state index contributed by atoms with van der Waals surface area (Å²) >= 11 is 1.20. The lowest BCUT2D eigenvalue weighted by molar-refractivity contribution is -0.122. The Morgan fingerprint density at radius 3 is 3.10 bits per heavy atom. The molecule has 1 aromatic carbocycles. The molecule has 5 rings (SSSR count). The van der Waals surface area contributed by atoms with Crippen LogP contribution in [0.15, 0.2) is 36.9 Å². The average molecular weight is 428 g/mol. The summed E-state index contributed by atoms with van der Waals surface area (Å²) < 4.78 is 16.7. The Bertz CT molecular complexity index is 1040. The van der Waals surface area contributed by atoms with Crippen LogP contribution in [0.1, 0.15) is 12.0 Å². The van der Waals surface area contributed by atoms with Crippen LogP contribution in [-0.4, -0.2) is 62.0 Å². The lowest BCUT2D eigenvalue weighted by Gasteiger charge is -2.22. The van der Waals surface area contributed by atoms with Gasteiger partial charge in [0.25, 0.3) is 0 Å². The summed E-state index contributed by atoms with van der Waals surface area (Å²) in [6.45, 7) is 1.07. The molecule has 4 heterocycles. The maximum atomic E-state index is 12.8. The molecule has 30 heavy (non-hydrogen) atoms. The number of ether oxygens (including phenoxy) is 2. The summed E-state index contributed by atoms with van der Waals surface area (Å²) in [7, 11) is 0. The highest BCUT2D eigenvalue weighted by atomic mass is 32.1. The number of anilines is 1. The highest BCUT2D eigenvalue weighted by molar-refractivity contribution is 7.09. The van der Waals surface area contributed by atoms with Crippen molar-refractivity contribution in [3.63, 3.8) is 0 Å². The summed E-state index contributed by atoms with van der Waals surface area (Å²) in [5, 5.41) is 13.7. The van der Waals surface area contributed by atoms with Crippen LogP contribution in [0.5, 0.6) is 11.5 Å². The Morgan fingerprint density at radius 2 is 2.23 bits per heavy atom. The second kappa shape index (κ2) is 7.92. The van der Waals surface area contributed by atoms with Gasteiger partial charge in [-0.1, -0.05) is 6.07 Å². The van der Waals surface area contributed by atoms with Gasteiger partial charge >= 0.3 is 0 Å². The zero-order valence-electron chi connectivity index (χ0n) is 16.0. The van der Waals surface area contributed by atoms with Gasteiger partial charge in [-0.2, -0.15) is 9.36 Å². The van der Waals surface area contributed by atoms with Crippen LogP contribution in [0.25, 0.3) is 5.95 Å². The predicted molar refractivity (Wildman–Crippen MR) is 108 cm³/mol. The van der Waals surface area contributed by atoms with Crippen LogP contribution in [-0.2, 0) is 11.2 Å². The zero-order valence-corrected chi connectivity index (χ0v) is 16.8. The Morgan fingerprint density at radius 1 is 1.33 bits per heavy atom. The number of hydrogen-bond acceptors (Lipinski definition) is 9. The highest BCUT2D eigenvalue weighted by Gasteiger charge is 2.37. The van der Waals surface area contributed by atoms with Gasteiger partial charge in [0.2, 0.25) is 23.8 Å². The SMILES string of the molecule is O=C(NCCc1ccc2c(c1)OCO2)[C@H]1C[C@@H](O)CN1c1nc(-n2ccnc2)ns1. The van der Waals surface area contributed by atoms with Gasteiger partial charge in [0.1, 0.15) is 12.4 Å². The van der Waals surface area contributed by atoms with E-state index in [4.69, 9.17) is 9.47 Å². The quantitative estimate of drug-likeness (QED) is 0.591. The summed E-state index contributed by atoms with van der Waals surface area (Å²) in [6.07, 6.45) is 5.46. The number of aromatic nitrogens is 4. The molecule has 0 radical (unpaired) electrons. The van der Waals surface area contributed by atoms with Crippen LogP contribution in [0, 0.1) is 0 Å². The van der Waals surface area contributed by atoms with Gasteiger partial charge in [-0.15, -0.1) is 0 Å². The van der Waals surface area contributed by atoms with Crippen molar-refractivity contribution in [1.82, 2.24) is 24.2 Å². The van der Waals surface area contributed by atoms with Crippen LogP contribution in [0.4, 0.5) is 5.13 Å². The number of hydrogen-bond donors (Lipinski definition) is 2. The molecule has 0 unspecified atom stereocenters. The van der Waals surface area contributed by atoms with Gasteiger partial charge in [-0.25, -0.2) is 4.98 Å². The number of β-amino-alcohol motifs (C(OH)–C–C–N with tert-alkyl or cyclic N) is 1. The molecule has 0 aliphatic carbocycles. The van der Waals surface area contributed by atoms with Crippen molar-refractivity contribution in [2.45, 2.75) is 25.0 Å². The Hall–Kier alpha value is -3.18. The van der Waals surface area contributed by atoms with Gasteiger partial charge in [-0.3, -0.25) is 9.36 Å². The molecule has 0 bridgehead atoms. The number of benzene rings is 1. The van der Waals surface area contributed by atoms with Crippen molar-refractivity contribution in [3.8, 4) is 17.4 Å². The smallest absolute Gasteiger partial charge is 0.248 e. The van der Waals surface area contributed by atoms with Gasteiger partial charge in [0, 0.05) is 43.4 Å². The summed E-state index contributed by atoms with van der Waals surface area (Å²) in [5.41, 5.74) is 1.05. The van der Waals surface area contributed by atoms with Gasteiger partial charge < -0.3 is 24.8 Å². The largest absolute Gasteiger partial charge is 0.454 e. The molecule has 3 aromatic rings. The average Bonchev–Trinajstić information content (AvgIpc) is 3.52. The Balaban J connectivity index is 1.22. The standard InChI is InChI=1S/C19H20N6O4S/c26-13-8-14(25(9-13)19-22-18(23-30-19)24-6-5-20-10-24)17(27)21-4-3-12-1-2-15-16(7-12)29-11-28-15/h1-2,5-7,10,13-14,26H,3-4,8-9,11H2,(H,21,27)/t13-,14-/m1/s1. The minimum atomic E-state index is -0.588. The van der Waals surface area contributed by atoms with E-state index in [1.807, 2.05) is 23.1 Å². The van der Waals surface area contributed by atoms with Crippen LogP contribution in [0.2, 0.25) is 0 Å². The number of aliphatic hydroxyl groups is 1. The highest BCUT2D eigenvalue weighted by Crippen LogP contribution is 2.32. The molecule has 0 spiro atoms. The zero-order chi connectivity index (χ0) is 20.5. The summed E-state index contributed by atoms with van der Waals surface area (Å²) in [6, 6.07) is 5.28. The third kappa shape index (κ3) is 3.68. The maximum absolute atomic E-state index is 12.8. The topological polar surface area (TPSA) is 115 Å². The molecule has 1 saturated heterocycles. The van der Waals surface area contributed by atoms with Crippen molar-refractivity contribution in [1.29, 1.82) is 0 Å². The van der Waals surface area contributed by atoms with E-state index in [0.29, 0.717) is 37.0 Å². The normalized spacial score (nSPS) is 20.0. The molecule has 10 nitrogen and oxygen atoms in total. The first-order valence-corrected chi connectivity index (χ1v) is 10.4. The first-order valence-electron chi connectivity index (χ1n) is 9.60. The Labute approximate surface area is 176 Å². The van der Waals surface area contributed by atoms with Crippen molar-refractivity contribution < 1.29 is 19.4 Å². The Kier molecular flexibility index (Phi) is 4.97. The number of amides is 1. The molecule has 2 aliphatic rings. The van der Waals surface area contributed by atoms with Gasteiger partial charge in [0.15, 0.2) is 11.5 Å². The van der Waals surface area contributed by atoms with Crippen molar-refractivity contribution >= 4 is 22.6 Å². The number of nitrogens with one attached hydrogen (secondary N) is 1. The van der Waals surface area contributed by atoms with E-state index in [1.165, 1.54) is 11.5 Å². The minimum Gasteiger partial charge on any atom is -0.454 e. The fourth-order valence-electron chi connectivity index (χ4n) is 3.63. The second-order valence-electron chi connectivity index (χ2n) is 7.13. The number of fused-ring (bicyclic) bond motifs is 1. The minimum absolute atomic E-state index is 0.133. The fraction of sp³-hybridized carbons (Fsp3) is 0.368. The van der Waals surface area contributed by atoms with Crippen molar-refractivity contribution in [3.05, 3.63) is 42.5 Å². The van der Waals surface area contributed by atoms with Crippen LogP contribution < -0.4 is 19.7 Å². The van der Waals surface area contributed by atoms with Crippen molar-refractivity contribution in [2.75, 3.05) is 24.8 Å². The molecule has 2 N–H and O–H groups in total. The molecule has 1 fully saturated rings. The number of aliphatic hydroxyl groups excluding tert-OH is 1. The predicted octanol–water partition coefficient (Wildman–Crippen LogP) is 0.751. The van der Waals surface area contributed by atoms with E-state index in [9.17, 15) is 9.90 Å². The number of carbonyl (C=O) groups excluding carboxylic acids is 1. The lowest BCUT2D eigenvalue weighted by atomic mass is 10.1. The number of nitrogens with zero attached hydrogens (tertiary/aromatic N) is 5. The number of imidazole rings is 1. The molecular formula is C19H20N6O4S. The third-order valence-corrected chi connectivity index (χ3v) is 5.86. The van der Waals surface area contributed by atoms with E-state index in [1.54, 1.807) is 23.3 Å². The van der Waals surface area contributed by atoms with E-state index in [-0.39, 0.29) is 12.7 Å². The molecule has 0 saturated carbocycles. The molecule has 2 atom stereocenters. The van der Waals surface area contributed by atoms with E-state index >= 15 is 0 Å². The summed E-state index contributed by atoms with van der Waals surface area (Å²) in [5.74, 6) is 1.84.